The van der Waals surface area contributed by atoms with Gasteiger partial charge in [-0.2, -0.15) is 4.31 Å². The lowest BCUT2D eigenvalue weighted by Gasteiger charge is -2.22. The van der Waals surface area contributed by atoms with Gasteiger partial charge in [0.25, 0.3) is 0 Å². The van der Waals surface area contributed by atoms with Crippen molar-refractivity contribution in [2.24, 2.45) is 0 Å². The van der Waals surface area contributed by atoms with Gasteiger partial charge in [0, 0.05) is 45.7 Å². The molecule has 2 heterocycles. The number of amides is 1. The maximum atomic E-state index is 13.1. The van der Waals surface area contributed by atoms with Gasteiger partial charge in [-0.15, -0.1) is 0 Å². The second-order valence-electron chi connectivity index (χ2n) is 6.93. The topological polar surface area (TPSA) is 87.0 Å². The second-order valence-corrected chi connectivity index (χ2v) is 8.91. The summed E-state index contributed by atoms with van der Waals surface area (Å²) in [6.45, 7) is 1.85. The van der Waals surface area contributed by atoms with Crippen molar-refractivity contribution in [2.45, 2.75) is 18.2 Å². The number of benzene rings is 1. The third-order valence-electron chi connectivity index (χ3n) is 4.57. The van der Waals surface area contributed by atoms with E-state index >= 15 is 0 Å². The quantitative estimate of drug-likeness (QED) is 0.729. The molecule has 0 radical (unpaired) electrons. The number of likely N-dealkylation sites (N-methyl/N-ethyl adjacent to an activating group) is 1. The molecular formula is C19H24N4O4S. The number of aryl methyl sites for hydroxylation is 1. The average Bonchev–Trinajstić information content (AvgIpc) is 3.23. The maximum Gasteiger partial charge on any atom is 0.249 e. The van der Waals surface area contributed by atoms with E-state index in [-0.39, 0.29) is 28.8 Å². The van der Waals surface area contributed by atoms with E-state index in [2.05, 4.69) is 5.16 Å². The molecule has 0 saturated carbocycles. The van der Waals surface area contributed by atoms with Gasteiger partial charge in [-0.25, -0.2) is 8.42 Å². The number of carbonyl (C=O) groups is 1. The van der Waals surface area contributed by atoms with Crippen molar-refractivity contribution in [3.05, 3.63) is 47.5 Å². The highest BCUT2D eigenvalue weighted by molar-refractivity contribution is 7.89. The lowest BCUT2D eigenvalue weighted by atomic mass is 10.2. The number of para-hydroxylation sites is 1. The summed E-state index contributed by atoms with van der Waals surface area (Å²) < 4.78 is 32.4. The lowest BCUT2D eigenvalue weighted by molar-refractivity contribution is -0.118. The van der Waals surface area contributed by atoms with Gasteiger partial charge in [0.1, 0.15) is 5.69 Å². The molecule has 0 saturated heterocycles. The molecule has 0 atom stereocenters. The Balaban J connectivity index is 1.82. The van der Waals surface area contributed by atoms with Crippen LogP contribution in [0.25, 0.3) is 6.08 Å². The Kier molecular flexibility index (Phi) is 5.57. The van der Waals surface area contributed by atoms with Crippen LogP contribution in [0.1, 0.15) is 17.0 Å². The summed E-state index contributed by atoms with van der Waals surface area (Å²) in [5.41, 5.74) is 2.19. The Bertz CT molecular complexity index is 1010. The van der Waals surface area contributed by atoms with E-state index in [9.17, 15) is 13.2 Å². The molecular weight excluding hydrogens is 380 g/mol. The van der Waals surface area contributed by atoms with Gasteiger partial charge < -0.3 is 14.3 Å². The summed E-state index contributed by atoms with van der Waals surface area (Å²) in [5, 5.41) is 3.78. The molecule has 0 unspecified atom stereocenters. The van der Waals surface area contributed by atoms with Crippen molar-refractivity contribution >= 4 is 27.7 Å². The predicted molar refractivity (Wildman–Crippen MR) is 106 cm³/mol. The van der Waals surface area contributed by atoms with Gasteiger partial charge in [-0.1, -0.05) is 23.4 Å². The van der Waals surface area contributed by atoms with Crippen molar-refractivity contribution in [1.82, 2.24) is 14.4 Å². The summed E-state index contributed by atoms with van der Waals surface area (Å²) in [6.07, 6.45) is 3.98. The molecule has 1 amide bonds. The molecule has 0 fully saturated rings. The first kappa shape index (κ1) is 20.1. The number of hydrogen-bond donors (Lipinski definition) is 0. The SMILES string of the molecule is Cc1noc(/C=C/N(C)C)c1S(=O)(=O)N(C)CC(=O)N1CCc2ccccc21. The number of hydrogen-bond acceptors (Lipinski definition) is 6. The number of fused-ring (bicyclic) bond motifs is 1. The minimum absolute atomic E-state index is 0.0253. The zero-order valence-electron chi connectivity index (χ0n) is 16.4. The van der Waals surface area contributed by atoms with E-state index in [1.807, 2.05) is 38.4 Å². The van der Waals surface area contributed by atoms with Crippen molar-refractivity contribution in [3.63, 3.8) is 0 Å². The van der Waals surface area contributed by atoms with Crippen LogP contribution >= 0.6 is 0 Å². The first-order valence-corrected chi connectivity index (χ1v) is 10.3. The maximum absolute atomic E-state index is 13.1. The van der Waals surface area contributed by atoms with Crippen LogP contribution < -0.4 is 4.90 Å². The van der Waals surface area contributed by atoms with Crippen LogP contribution in [0.5, 0.6) is 0 Å². The smallest absolute Gasteiger partial charge is 0.249 e. The fourth-order valence-electron chi connectivity index (χ4n) is 3.13. The van der Waals surface area contributed by atoms with Crippen LogP contribution in [0.2, 0.25) is 0 Å². The van der Waals surface area contributed by atoms with E-state index < -0.39 is 10.0 Å². The summed E-state index contributed by atoms with van der Waals surface area (Å²) in [6, 6.07) is 7.66. The van der Waals surface area contributed by atoms with E-state index in [1.54, 1.807) is 29.0 Å². The number of aromatic nitrogens is 1. The highest BCUT2D eigenvalue weighted by Gasteiger charge is 2.33. The molecule has 3 rings (SSSR count). The molecule has 0 N–H and O–H groups in total. The fourth-order valence-corrected chi connectivity index (χ4v) is 4.49. The fraction of sp³-hybridized carbons (Fsp3) is 0.368. The molecule has 0 spiro atoms. The summed E-state index contributed by atoms with van der Waals surface area (Å²) >= 11 is 0. The Hall–Kier alpha value is -2.65. The standard InChI is InChI=1S/C19H24N4O4S/c1-14-19(17(27-20-14)10-11-21(2)3)28(25,26)22(4)13-18(24)23-12-9-15-7-5-6-8-16(15)23/h5-8,10-11H,9,12-13H2,1-4H3/b11-10+. The zero-order chi connectivity index (χ0) is 20.5. The lowest BCUT2D eigenvalue weighted by Crippen LogP contribution is -2.40. The molecule has 1 aromatic heterocycles. The third-order valence-corrected chi connectivity index (χ3v) is 6.53. The molecule has 1 aromatic carbocycles. The molecule has 2 aromatic rings. The Morgan fingerprint density at radius 2 is 2.00 bits per heavy atom. The highest BCUT2D eigenvalue weighted by atomic mass is 32.2. The van der Waals surface area contributed by atoms with E-state index in [4.69, 9.17) is 4.52 Å². The minimum atomic E-state index is -3.95. The van der Waals surface area contributed by atoms with Crippen LogP contribution in [-0.4, -0.2) is 62.9 Å². The van der Waals surface area contributed by atoms with Crippen molar-refractivity contribution in [1.29, 1.82) is 0 Å². The van der Waals surface area contributed by atoms with Crippen molar-refractivity contribution < 1.29 is 17.7 Å². The van der Waals surface area contributed by atoms with Crippen LogP contribution in [0.15, 0.2) is 39.9 Å². The summed E-state index contributed by atoms with van der Waals surface area (Å²) in [5.74, 6) is -0.132. The largest absolute Gasteiger partial charge is 0.383 e. The van der Waals surface area contributed by atoms with Crippen LogP contribution in [0, 0.1) is 6.92 Å². The predicted octanol–water partition coefficient (Wildman–Crippen LogP) is 1.73. The van der Waals surface area contributed by atoms with Gasteiger partial charge in [0.05, 0.1) is 6.54 Å². The minimum Gasteiger partial charge on any atom is -0.383 e. The normalized spacial score (nSPS) is 14.1. The second kappa shape index (κ2) is 7.76. The van der Waals surface area contributed by atoms with Gasteiger partial charge in [0.2, 0.25) is 15.9 Å². The Morgan fingerprint density at radius 3 is 2.71 bits per heavy atom. The summed E-state index contributed by atoms with van der Waals surface area (Å²) in [7, 11) is 1.07. The first-order chi connectivity index (χ1) is 13.2. The van der Waals surface area contributed by atoms with Crippen molar-refractivity contribution in [2.75, 3.05) is 39.1 Å². The molecule has 0 aliphatic carbocycles. The highest BCUT2D eigenvalue weighted by Crippen LogP contribution is 2.28. The average molecular weight is 404 g/mol. The molecule has 1 aliphatic rings. The van der Waals surface area contributed by atoms with Gasteiger partial charge >= 0.3 is 0 Å². The zero-order valence-corrected chi connectivity index (χ0v) is 17.2. The molecule has 0 bridgehead atoms. The van der Waals surface area contributed by atoms with E-state index in [1.165, 1.54) is 7.05 Å². The molecule has 150 valence electrons. The van der Waals surface area contributed by atoms with Gasteiger partial charge in [-0.3, -0.25) is 4.79 Å². The van der Waals surface area contributed by atoms with Gasteiger partial charge in [-0.05, 0) is 25.0 Å². The third kappa shape index (κ3) is 3.81. The van der Waals surface area contributed by atoms with Crippen LogP contribution in [0.4, 0.5) is 5.69 Å². The van der Waals surface area contributed by atoms with Crippen LogP contribution in [-0.2, 0) is 21.2 Å². The number of anilines is 1. The number of carbonyl (C=O) groups excluding carboxylic acids is 1. The molecule has 9 heteroatoms. The Morgan fingerprint density at radius 1 is 1.29 bits per heavy atom. The molecule has 8 nitrogen and oxygen atoms in total. The molecule has 28 heavy (non-hydrogen) atoms. The van der Waals surface area contributed by atoms with Crippen LogP contribution in [0.3, 0.4) is 0 Å². The Labute approximate surface area is 165 Å². The first-order valence-electron chi connectivity index (χ1n) is 8.87. The number of rotatable bonds is 6. The van der Waals surface area contributed by atoms with Crippen molar-refractivity contribution in [3.8, 4) is 0 Å². The van der Waals surface area contributed by atoms with E-state index in [0.717, 1.165) is 22.0 Å². The number of sulfonamides is 1. The molecule has 1 aliphatic heterocycles. The summed E-state index contributed by atoms with van der Waals surface area (Å²) in [4.78, 5) is 16.1. The van der Waals surface area contributed by atoms with Gasteiger partial charge in [0.15, 0.2) is 10.7 Å². The van der Waals surface area contributed by atoms with E-state index in [0.29, 0.717) is 6.54 Å². The monoisotopic (exact) mass is 404 g/mol. The number of nitrogens with zero attached hydrogens (tertiary/aromatic N) is 4.